The van der Waals surface area contributed by atoms with Gasteiger partial charge in [-0.3, -0.25) is 4.52 Å². The maximum absolute atomic E-state index is 12.0. The molecular weight excluding hydrogens is 306 g/mol. The standard InChI is InChI=1S/C18H19N3O3/c1-13(14-6-4-3-5-7-14)19-12-17-18(22)24-20-21(17)15-8-10-16(23-2)11-9-15/h3-11,13,19H,12H2,1-2H3/p+1. The van der Waals surface area contributed by atoms with Gasteiger partial charge in [-0.2, -0.15) is 0 Å². The van der Waals surface area contributed by atoms with Gasteiger partial charge in [-0.05, 0) is 34.6 Å². The number of aromatic nitrogens is 2. The van der Waals surface area contributed by atoms with E-state index in [1.807, 2.05) is 42.5 Å². The molecule has 0 radical (unpaired) electrons. The smallest absolute Gasteiger partial charge is 0.431 e. The van der Waals surface area contributed by atoms with Crippen LogP contribution in [0.2, 0.25) is 0 Å². The molecule has 24 heavy (non-hydrogen) atoms. The first kappa shape index (κ1) is 16.0. The third-order valence-electron chi connectivity index (χ3n) is 3.94. The zero-order valence-corrected chi connectivity index (χ0v) is 13.7. The Hall–Kier alpha value is -2.86. The summed E-state index contributed by atoms with van der Waals surface area (Å²) in [6, 6.07) is 17.6. The van der Waals surface area contributed by atoms with Crippen LogP contribution in [-0.4, -0.2) is 12.4 Å². The van der Waals surface area contributed by atoms with E-state index < -0.39 is 5.63 Å². The number of rotatable bonds is 6. The first-order chi connectivity index (χ1) is 11.7. The molecule has 3 rings (SSSR count). The van der Waals surface area contributed by atoms with Crippen molar-refractivity contribution in [1.29, 1.82) is 0 Å². The van der Waals surface area contributed by atoms with Gasteiger partial charge in [0.15, 0.2) is 0 Å². The summed E-state index contributed by atoms with van der Waals surface area (Å²) >= 11 is 0. The van der Waals surface area contributed by atoms with Crippen LogP contribution in [0, 0.1) is 0 Å². The van der Waals surface area contributed by atoms with Gasteiger partial charge in [0, 0.05) is 18.2 Å². The number of hydrogen-bond acceptors (Lipinski definition) is 4. The lowest BCUT2D eigenvalue weighted by molar-refractivity contribution is -0.677. The molecule has 2 aromatic carbocycles. The summed E-state index contributed by atoms with van der Waals surface area (Å²) in [6.07, 6.45) is 0. The van der Waals surface area contributed by atoms with Crippen molar-refractivity contribution in [2.24, 2.45) is 0 Å². The van der Waals surface area contributed by atoms with Crippen molar-refractivity contribution in [2.45, 2.75) is 19.5 Å². The highest BCUT2D eigenvalue weighted by molar-refractivity contribution is 5.31. The molecule has 1 unspecified atom stereocenters. The van der Waals surface area contributed by atoms with Crippen LogP contribution in [0.15, 0.2) is 63.9 Å². The van der Waals surface area contributed by atoms with E-state index in [0.29, 0.717) is 12.2 Å². The predicted octanol–water partition coefficient (Wildman–Crippen LogP) is 2.10. The normalized spacial score (nSPS) is 12.1. The van der Waals surface area contributed by atoms with Crippen molar-refractivity contribution < 1.29 is 13.9 Å². The molecule has 2 N–H and O–H groups in total. The Labute approximate surface area is 139 Å². The molecule has 6 heteroatoms. The highest BCUT2D eigenvalue weighted by Crippen LogP contribution is 2.12. The predicted molar refractivity (Wildman–Crippen MR) is 89.1 cm³/mol. The maximum atomic E-state index is 12.0. The van der Waals surface area contributed by atoms with Crippen molar-refractivity contribution in [1.82, 2.24) is 10.6 Å². The average molecular weight is 326 g/mol. The maximum Gasteiger partial charge on any atom is 0.431 e. The Morgan fingerprint density at radius 2 is 1.88 bits per heavy atom. The first-order valence-electron chi connectivity index (χ1n) is 7.74. The van der Waals surface area contributed by atoms with Crippen LogP contribution in [0.5, 0.6) is 5.75 Å². The second kappa shape index (κ2) is 7.14. The van der Waals surface area contributed by atoms with Gasteiger partial charge in [0.25, 0.3) is 0 Å². The number of ether oxygens (including phenoxy) is 1. The van der Waals surface area contributed by atoms with Gasteiger partial charge < -0.3 is 10.1 Å². The second-order valence-corrected chi connectivity index (χ2v) is 5.47. The lowest BCUT2D eigenvalue weighted by atomic mass is 10.1. The van der Waals surface area contributed by atoms with Gasteiger partial charge in [-0.1, -0.05) is 30.3 Å². The van der Waals surface area contributed by atoms with Crippen molar-refractivity contribution in [3.63, 3.8) is 0 Å². The number of aromatic amines is 1. The van der Waals surface area contributed by atoms with Gasteiger partial charge >= 0.3 is 11.3 Å². The molecule has 0 aliphatic rings. The summed E-state index contributed by atoms with van der Waals surface area (Å²) in [4.78, 5) is 12.0. The number of benzene rings is 2. The Morgan fingerprint density at radius 3 is 2.54 bits per heavy atom. The molecule has 0 amide bonds. The molecule has 0 fully saturated rings. The summed E-state index contributed by atoms with van der Waals surface area (Å²) in [5.74, 6) is 0.752. The summed E-state index contributed by atoms with van der Waals surface area (Å²) in [5.41, 5.74) is 2.07. The number of H-pyrrole nitrogens is 1. The average Bonchev–Trinajstić information content (AvgIpc) is 3.01. The fourth-order valence-corrected chi connectivity index (χ4v) is 2.49. The zero-order valence-electron chi connectivity index (χ0n) is 13.7. The van der Waals surface area contributed by atoms with E-state index in [-0.39, 0.29) is 6.04 Å². The molecule has 6 nitrogen and oxygen atoms in total. The Bertz CT molecular complexity index is 838. The number of hydrogen-bond donors (Lipinski definition) is 2. The van der Waals surface area contributed by atoms with E-state index in [4.69, 9.17) is 9.26 Å². The molecule has 1 heterocycles. The lowest BCUT2D eigenvalue weighted by Crippen LogP contribution is -2.41. The van der Waals surface area contributed by atoms with Crippen LogP contribution < -0.4 is 20.4 Å². The highest BCUT2D eigenvalue weighted by atomic mass is 16.5. The van der Waals surface area contributed by atoms with Crippen molar-refractivity contribution >= 4 is 0 Å². The molecule has 1 aromatic heterocycles. The van der Waals surface area contributed by atoms with Crippen LogP contribution in [0.25, 0.3) is 5.69 Å². The quantitative estimate of drug-likeness (QED) is 0.681. The van der Waals surface area contributed by atoms with Crippen LogP contribution in [0.1, 0.15) is 24.2 Å². The molecule has 0 saturated heterocycles. The van der Waals surface area contributed by atoms with Gasteiger partial charge in [0.1, 0.15) is 5.75 Å². The first-order valence-corrected chi connectivity index (χ1v) is 7.74. The summed E-state index contributed by atoms with van der Waals surface area (Å²) in [5, 5.41) is 5.99. The van der Waals surface area contributed by atoms with E-state index in [9.17, 15) is 4.79 Å². The monoisotopic (exact) mass is 326 g/mol. The van der Waals surface area contributed by atoms with Crippen LogP contribution in [0.3, 0.4) is 0 Å². The third kappa shape index (κ3) is 3.38. The van der Waals surface area contributed by atoms with E-state index in [2.05, 4.69) is 29.6 Å². The Balaban J connectivity index is 1.79. The number of nitrogens with one attached hydrogen (secondary N) is 2. The lowest BCUT2D eigenvalue weighted by Gasteiger charge is -2.11. The fraction of sp³-hybridized carbons (Fsp3) is 0.222. The minimum atomic E-state index is -0.390. The Morgan fingerprint density at radius 1 is 1.17 bits per heavy atom. The third-order valence-corrected chi connectivity index (χ3v) is 3.94. The van der Waals surface area contributed by atoms with E-state index in [0.717, 1.165) is 17.0 Å². The SMILES string of the molecule is COc1ccc(-[n+]2[nH]oc(=O)c2CNC(C)c2ccccc2)cc1. The summed E-state index contributed by atoms with van der Waals surface area (Å²) in [6.45, 7) is 2.44. The second-order valence-electron chi connectivity index (χ2n) is 5.47. The van der Waals surface area contributed by atoms with Gasteiger partial charge in [0.05, 0.1) is 13.7 Å². The molecule has 0 aliphatic heterocycles. The van der Waals surface area contributed by atoms with E-state index >= 15 is 0 Å². The van der Waals surface area contributed by atoms with Gasteiger partial charge in [-0.25, -0.2) is 4.79 Å². The van der Waals surface area contributed by atoms with E-state index in [1.54, 1.807) is 11.8 Å². The van der Waals surface area contributed by atoms with Crippen molar-refractivity contribution in [3.05, 3.63) is 76.3 Å². The van der Waals surface area contributed by atoms with Crippen LogP contribution in [0.4, 0.5) is 0 Å². The molecule has 124 valence electrons. The number of methoxy groups -OCH3 is 1. The minimum absolute atomic E-state index is 0.116. The highest BCUT2D eigenvalue weighted by Gasteiger charge is 2.23. The molecule has 0 bridgehead atoms. The largest absolute Gasteiger partial charge is 0.497 e. The van der Waals surface area contributed by atoms with Crippen LogP contribution >= 0.6 is 0 Å². The molecular formula is C18H20N3O3+. The topological polar surface area (TPSA) is 71.1 Å². The zero-order chi connectivity index (χ0) is 16.9. The summed E-state index contributed by atoms with van der Waals surface area (Å²) < 4.78 is 11.7. The molecule has 3 aromatic rings. The molecule has 0 saturated carbocycles. The van der Waals surface area contributed by atoms with Gasteiger partial charge in [-0.15, -0.1) is 0 Å². The minimum Gasteiger partial charge on any atom is -0.497 e. The molecule has 0 aliphatic carbocycles. The summed E-state index contributed by atoms with van der Waals surface area (Å²) in [7, 11) is 1.61. The number of nitrogens with zero attached hydrogens (tertiary/aromatic N) is 1. The van der Waals surface area contributed by atoms with E-state index in [1.165, 1.54) is 0 Å². The molecule has 1 atom stereocenters. The van der Waals surface area contributed by atoms with Crippen LogP contribution in [-0.2, 0) is 6.54 Å². The van der Waals surface area contributed by atoms with Crippen molar-refractivity contribution in [3.8, 4) is 11.4 Å². The van der Waals surface area contributed by atoms with Gasteiger partial charge in [0.2, 0.25) is 5.69 Å². The fourth-order valence-electron chi connectivity index (χ4n) is 2.49. The Kier molecular flexibility index (Phi) is 4.77. The van der Waals surface area contributed by atoms with Crippen molar-refractivity contribution in [2.75, 3.05) is 7.11 Å². The molecule has 0 spiro atoms.